The zero-order valence-electron chi connectivity index (χ0n) is 17.8. The normalized spacial score (nSPS) is 18.3. The number of esters is 1. The van der Waals surface area contributed by atoms with Crippen LogP contribution in [0.15, 0.2) is 58.5 Å². The number of ether oxygens (including phenoxy) is 2. The fourth-order valence-corrected chi connectivity index (χ4v) is 5.42. The summed E-state index contributed by atoms with van der Waals surface area (Å²) in [6, 6.07) is 11.1. The Hall–Kier alpha value is -3.08. The van der Waals surface area contributed by atoms with Gasteiger partial charge in [0, 0.05) is 30.6 Å². The van der Waals surface area contributed by atoms with E-state index in [-0.39, 0.29) is 18.6 Å². The predicted molar refractivity (Wildman–Crippen MR) is 127 cm³/mol. The van der Waals surface area contributed by atoms with Crippen LogP contribution in [0.3, 0.4) is 0 Å². The highest BCUT2D eigenvalue weighted by Crippen LogP contribution is 2.36. The summed E-state index contributed by atoms with van der Waals surface area (Å²) in [6.07, 6.45) is 2.27. The standard InChI is InChI=1S/C23H22N4O4S2/c28-21(15-31-23(29)16-4-1-7-24-22(16)26-8-10-30-11-9-26)27-18(20-6-3-13-33-20)14-17(25-27)19-5-2-12-32-19/h1-7,12-13,18H,8-11,14-15H2. The molecular weight excluding hydrogens is 460 g/mol. The Kier molecular flexibility index (Phi) is 6.47. The molecule has 1 fully saturated rings. The fourth-order valence-electron chi connectivity index (χ4n) is 3.89. The minimum absolute atomic E-state index is 0.199. The second-order valence-electron chi connectivity index (χ2n) is 7.55. The van der Waals surface area contributed by atoms with E-state index in [1.54, 1.807) is 41.0 Å². The lowest BCUT2D eigenvalue weighted by Crippen LogP contribution is -2.38. The number of hydrogen-bond acceptors (Lipinski definition) is 9. The summed E-state index contributed by atoms with van der Waals surface area (Å²) in [5.41, 5.74) is 1.20. The van der Waals surface area contributed by atoms with E-state index >= 15 is 0 Å². The molecular formula is C23H22N4O4S2. The molecule has 33 heavy (non-hydrogen) atoms. The van der Waals surface area contributed by atoms with Gasteiger partial charge in [0.05, 0.1) is 29.8 Å². The number of hydrogen-bond donors (Lipinski definition) is 0. The summed E-state index contributed by atoms with van der Waals surface area (Å²) in [5, 5.41) is 10.0. The Morgan fingerprint density at radius 3 is 2.67 bits per heavy atom. The molecule has 0 aromatic carbocycles. The second kappa shape index (κ2) is 9.82. The van der Waals surface area contributed by atoms with Crippen molar-refractivity contribution in [2.24, 2.45) is 5.10 Å². The van der Waals surface area contributed by atoms with Gasteiger partial charge in [-0.3, -0.25) is 4.79 Å². The lowest BCUT2D eigenvalue weighted by atomic mass is 10.1. The van der Waals surface area contributed by atoms with Crippen molar-refractivity contribution in [3.63, 3.8) is 0 Å². The number of pyridine rings is 1. The van der Waals surface area contributed by atoms with Gasteiger partial charge in [-0.05, 0) is 35.0 Å². The van der Waals surface area contributed by atoms with E-state index in [0.29, 0.717) is 44.1 Å². The predicted octanol–water partition coefficient (Wildman–Crippen LogP) is 3.58. The van der Waals surface area contributed by atoms with E-state index < -0.39 is 5.97 Å². The molecule has 1 amide bonds. The minimum Gasteiger partial charge on any atom is -0.452 e. The van der Waals surface area contributed by atoms with Gasteiger partial charge in [0.2, 0.25) is 0 Å². The molecule has 2 aliphatic heterocycles. The molecule has 1 atom stereocenters. The number of aromatic nitrogens is 1. The van der Waals surface area contributed by atoms with Crippen LogP contribution in [0, 0.1) is 0 Å². The maximum absolute atomic E-state index is 13.1. The maximum atomic E-state index is 13.1. The summed E-state index contributed by atoms with van der Waals surface area (Å²) in [5.74, 6) is -0.383. The largest absolute Gasteiger partial charge is 0.452 e. The lowest BCUT2D eigenvalue weighted by molar-refractivity contribution is -0.136. The first kappa shape index (κ1) is 21.7. The van der Waals surface area contributed by atoms with E-state index in [4.69, 9.17) is 9.47 Å². The molecule has 3 aromatic rings. The van der Waals surface area contributed by atoms with Crippen LogP contribution >= 0.6 is 22.7 Å². The van der Waals surface area contributed by atoms with Gasteiger partial charge in [0.25, 0.3) is 5.91 Å². The highest BCUT2D eigenvalue weighted by atomic mass is 32.1. The molecule has 0 spiro atoms. The first-order valence-electron chi connectivity index (χ1n) is 10.6. The molecule has 1 saturated heterocycles. The Morgan fingerprint density at radius 2 is 1.91 bits per heavy atom. The van der Waals surface area contributed by atoms with Crippen molar-refractivity contribution in [3.05, 3.63) is 68.7 Å². The third-order valence-corrected chi connectivity index (χ3v) is 7.38. The summed E-state index contributed by atoms with van der Waals surface area (Å²) in [6.45, 7) is 2.05. The van der Waals surface area contributed by atoms with Crippen molar-refractivity contribution in [3.8, 4) is 0 Å². The Bertz CT molecular complexity index is 1140. The van der Waals surface area contributed by atoms with E-state index in [1.165, 1.54) is 5.01 Å². The van der Waals surface area contributed by atoms with E-state index in [9.17, 15) is 9.59 Å². The first-order chi connectivity index (χ1) is 16.2. The average Bonchev–Trinajstić information content (AvgIpc) is 3.63. The van der Waals surface area contributed by atoms with E-state index in [2.05, 4.69) is 10.1 Å². The van der Waals surface area contributed by atoms with Crippen LogP contribution in [-0.2, 0) is 14.3 Å². The molecule has 1 unspecified atom stereocenters. The van der Waals surface area contributed by atoms with Gasteiger partial charge in [0.1, 0.15) is 11.4 Å². The molecule has 2 aliphatic rings. The molecule has 0 N–H and O–H groups in total. The van der Waals surface area contributed by atoms with Gasteiger partial charge < -0.3 is 14.4 Å². The second-order valence-corrected chi connectivity index (χ2v) is 9.47. The zero-order valence-corrected chi connectivity index (χ0v) is 19.4. The lowest BCUT2D eigenvalue weighted by Gasteiger charge is -2.28. The number of carbonyl (C=O) groups is 2. The summed E-state index contributed by atoms with van der Waals surface area (Å²) in [7, 11) is 0. The quantitative estimate of drug-likeness (QED) is 0.500. The number of amides is 1. The van der Waals surface area contributed by atoms with Crippen molar-refractivity contribution in [1.82, 2.24) is 9.99 Å². The van der Waals surface area contributed by atoms with Crippen LogP contribution in [-0.4, -0.2) is 60.5 Å². The van der Waals surface area contributed by atoms with Gasteiger partial charge >= 0.3 is 5.97 Å². The third kappa shape index (κ3) is 4.68. The molecule has 0 radical (unpaired) electrons. The molecule has 8 nitrogen and oxygen atoms in total. The molecule has 3 aromatic heterocycles. The summed E-state index contributed by atoms with van der Waals surface area (Å²) in [4.78, 5) is 34.4. The number of hydrazone groups is 1. The molecule has 10 heteroatoms. The maximum Gasteiger partial charge on any atom is 0.342 e. The first-order valence-corrected chi connectivity index (χ1v) is 12.4. The van der Waals surface area contributed by atoms with Crippen molar-refractivity contribution in [2.75, 3.05) is 37.8 Å². The van der Waals surface area contributed by atoms with Gasteiger partial charge in [-0.2, -0.15) is 5.10 Å². The van der Waals surface area contributed by atoms with Crippen LogP contribution in [0.4, 0.5) is 5.82 Å². The topological polar surface area (TPSA) is 84.3 Å². The number of carbonyl (C=O) groups excluding carboxylic acids is 2. The molecule has 0 aliphatic carbocycles. The van der Waals surface area contributed by atoms with Crippen molar-refractivity contribution < 1.29 is 19.1 Å². The number of nitrogens with zero attached hydrogens (tertiary/aromatic N) is 4. The van der Waals surface area contributed by atoms with Crippen LogP contribution in [0.5, 0.6) is 0 Å². The molecule has 0 saturated carbocycles. The highest BCUT2D eigenvalue weighted by Gasteiger charge is 2.34. The minimum atomic E-state index is -0.577. The van der Waals surface area contributed by atoms with Crippen LogP contribution < -0.4 is 4.90 Å². The van der Waals surface area contributed by atoms with Crippen molar-refractivity contribution in [1.29, 1.82) is 0 Å². The van der Waals surface area contributed by atoms with E-state index in [1.807, 2.05) is 39.9 Å². The molecule has 5 heterocycles. The van der Waals surface area contributed by atoms with Crippen molar-refractivity contribution >= 4 is 46.1 Å². The molecule has 0 bridgehead atoms. The SMILES string of the molecule is O=C(OCC(=O)N1N=C(c2cccs2)CC1c1cccs1)c1cccnc1N1CCOCC1. The average molecular weight is 483 g/mol. The summed E-state index contributed by atoms with van der Waals surface area (Å²) >= 11 is 3.18. The van der Waals surface area contributed by atoms with Gasteiger partial charge in [0.15, 0.2) is 6.61 Å². The Morgan fingerprint density at radius 1 is 1.09 bits per heavy atom. The smallest absolute Gasteiger partial charge is 0.342 e. The summed E-state index contributed by atoms with van der Waals surface area (Å²) < 4.78 is 10.8. The van der Waals surface area contributed by atoms with Crippen molar-refractivity contribution in [2.45, 2.75) is 12.5 Å². The number of anilines is 1. The van der Waals surface area contributed by atoms with Gasteiger partial charge in [-0.25, -0.2) is 14.8 Å². The number of rotatable bonds is 6. The zero-order chi connectivity index (χ0) is 22.6. The fraction of sp³-hybridized carbons (Fsp3) is 0.304. The molecule has 5 rings (SSSR count). The third-order valence-electron chi connectivity index (χ3n) is 5.49. The number of thiophene rings is 2. The Labute approximate surface area is 199 Å². The van der Waals surface area contributed by atoms with Crippen LogP contribution in [0.2, 0.25) is 0 Å². The molecule has 170 valence electrons. The highest BCUT2D eigenvalue weighted by molar-refractivity contribution is 7.12. The van der Waals surface area contributed by atoms with Gasteiger partial charge in [-0.15, -0.1) is 22.7 Å². The van der Waals surface area contributed by atoms with Crippen LogP contribution in [0.1, 0.15) is 32.6 Å². The van der Waals surface area contributed by atoms with E-state index in [0.717, 1.165) is 15.5 Å². The van der Waals surface area contributed by atoms with Crippen LogP contribution in [0.25, 0.3) is 0 Å². The Balaban J connectivity index is 1.30. The monoisotopic (exact) mass is 482 g/mol. The number of morpholine rings is 1. The van der Waals surface area contributed by atoms with Gasteiger partial charge in [-0.1, -0.05) is 12.1 Å².